The number of benzene rings is 1. The van der Waals surface area contributed by atoms with E-state index >= 15 is 0 Å². The molecule has 10 N–H and O–H groups in total. The van der Waals surface area contributed by atoms with E-state index in [1.54, 1.807) is 0 Å². The van der Waals surface area contributed by atoms with Gasteiger partial charge in [0, 0.05) is 17.9 Å². The lowest BCUT2D eigenvalue weighted by atomic mass is 9.84. The van der Waals surface area contributed by atoms with Crippen LogP contribution in [0.25, 0.3) is 0 Å². The molecule has 0 bridgehead atoms. The number of aromatic nitrogens is 2. The first-order chi connectivity index (χ1) is 17.5. The smallest absolute Gasteiger partial charge is 0.443 e. The molecular formula is C22H26F3N5O8. The van der Waals surface area contributed by atoms with Crippen LogP contribution >= 0.6 is 0 Å². The van der Waals surface area contributed by atoms with Crippen molar-refractivity contribution >= 4 is 29.6 Å². The Labute approximate surface area is 212 Å². The van der Waals surface area contributed by atoms with Crippen molar-refractivity contribution in [3.05, 3.63) is 51.3 Å². The average Bonchev–Trinajstić information content (AvgIpc) is 2.79. The van der Waals surface area contributed by atoms with Gasteiger partial charge >= 0.3 is 18.1 Å². The number of alkyl halides is 3. The van der Waals surface area contributed by atoms with Gasteiger partial charge in [-0.2, -0.15) is 18.2 Å². The van der Waals surface area contributed by atoms with E-state index in [0.29, 0.717) is 0 Å². The van der Waals surface area contributed by atoms with Crippen molar-refractivity contribution < 1.29 is 48.0 Å². The maximum atomic E-state index is 13.5. The third-order valence-electron chi connectivity index (χ3n) is 5.71. The number of nitrogens with two attached hydrogens (primary N) is 2. The van der Waals surface area contributed by atoms with Gasteiger partial charge in [0.15, 0.2) is 0 Å². The third kappa shape index (κ3) is 7.42. The zero-order valence-corrected chi connectivity index (χ0v) is 19.7. The zero-order valence-electron chi connectivity index (χ0n) is 19.7. The summed E-state index contributed by atoms with van der Waals surface area (Å²) in [5, 5.41) is 40.0. The number of rotatable bonds is 12. The summed E-state index contributed by atoms with van der Waals surface area (Å²) in [6.45, 7) is 0. The van der Waals surface area contributed by atoms with Crippen LogP contribution in [0.2, 0.25) is 0 Å². The number of H-pyrrole nitrogens is 1. The molecule has 1 aromatic heterocycles. The van der Waals surface area contributed by atoms with Crippen molar-refractivity contribution in [3.63, 3.8) is 0 Å². The second-order valence-electron chi connectivity index (χ2n) is 8.40. The summed E-state index contributed by atoms with van der Waals surface area (Å²) in [4.78, 5) is 52.3. The molecule has 0 saturated heterocycles. The highest BCUT2D eigenvalue weighted by molar-refractivity contribution is 5.96. The SMILES string of the molecule is Nc1nc(N)c(CCC[C@@H](c2ccc(C(=O)N[C@@H](CCC(=O)O)C(=O)O)cc2)C(O)(O)C(F)(F)F)c(=O)[nH]1. The molecule has 38 heavy (non-hydrogen) atoms. The van der Waals surface area contributed by atoms with E-state index in [4.69, 9.17) is 21.7 Å². The number of carboxylic acid groups (broad SMARTS) is 2. The lowest BCUT2D eigenvalue weighted by Gasteiger charge is -2.33. The lowest BCUT2D eigenvalue weighted by molar-refractivity contribution is -0.358. The first-order valence-corrected chi connectivity index (χ1v) is 11.1. The van der Waals surface area contributed by atoms with Crippen molar-refractivity contribution in [3.8, 4) is 0 Å². The fourth-order valence-corrected chi connectivity index (χ4v) is 3.69. The molecule has 0 saturated carbocycles. The maximum Gasteiger partial charge on any atom is 0.443 e. The Balaban J connectivity index is 2.25. The predicted octanol–water partition coefficient (Wildman–Crippen LogP) is 0.332. The summed E-state index contributed by atoms with van der Waals surface area (Å²) in [5.74, 6) is -10.3. The minimum absolute atomic E-state index is 0.0469. The van der Waals surface area contributed by atoms with Crippen LogP contribution in [0, 0.1) is 0 Å². The second kappa shape index (κ2) is 11.9. The van der Waals surface area contributed by atoms with E-state index in [-0.39, 0.29) is 41.3 Å². The van der Waals surface area contributed by atoms with E-state index in [1.807, 2.05) is 0 Å². The Hall–Kier alpha value is -4.18. The van der Waals surface area contributed by atoms with Gasteiger partial charge in [-0.05, 0) is 43.4 Å². The Bertz CT molecular complexity index is 1230. The van der Waals surface area contributed by atoms with Gasteiger partial charge in [0.05, 0.1) is 5.56 Å². The van der Waals surface area contributed by atoms with Gasteiger partial charge in [-0.15, -0.1) is 0 Å². The number of carboxylic acids is 2. The standard InChI is InChI=1S/C22H26F3N5O8/c23-22(24,25)21(37,38)13(3-1-2-12-16(26)29-20(27)30-18(12)34)10-4-6-11(7-5-10)17(33)28-14(19(35)36)8-9-15(31)32/h4-7,13-14,37-38H,1-3,8-9H2,(H,28,33)(H,31,32)(H,35,36)(H5,26,27,29,30,34)/t13-,14-/m0/s1. The molecule has 0 unspecified atom stereocenters. The highest BCUT2D eigenvalue weighted by atomic mass is 19.4. The number of nitrogens with one attached hydrogen (secondary N) is 2. The number of carbonyl (C=O) groups excluding carboxylic acids is 1. The Morgan fingerprint density at radius 1 is 1.05 bits per heavy atom. The lowest BCUT2D eigenvalue weighted by Crippen LogP contribution is -2.50. The van der Waals surface area contributed by atoms with Crippen LogP contribution in [0.4, 0.5) is 24.9 Å². The van der Waals surface area contributed by atoms with Crippen molar-refractivity contribution in [2.45, 2.75) is 56.0 Å². The van der Waals surface area contributed by atoms with Crippen LogP contribution in [-0.2, 0) is 16.0 Å². The largest absolute Gasteiger partial charge is 0.481 e. The zero-order chi connectivity index (χ0) is 28.8. The van der Waals surface area contributed by atoms with E-state index in [9.17, 15) is 42.6 Å². The van der Waals surface area contributed by atoms with Crippen molar-refractivity contribution in [2.24, 2.45) is 0 Å². The van der Waals surface area contributed by atoms with E-state index in [2.05, 4.69) is 15.3 Å². The van der Waals surface area contributed by atoms with Gasteiger partial charge < -0.3 is 37.2 Å². The number of nitrogen functional groups attached to an aromatic ring is 2. The highest BCUT2D eigenvalue weighted by Gasteiger charge is 2.58. The Morgan fingerprint density at radius 2 is 1.66 bits per heavy atom. The van der Waals surface area contributed by atoms with E-state index in [1.165, 1.54) is 0 Å². The molecular weight excluding hydrogens is 519 g/mol. The van der Waals surface area contributed by atoms with Gasteiger partial charge in [-0.1, -0.05) is 12.1 Å². The van der Waals surface area contributed by atoms with Crippen LogP contribution in [-0.4, -0.2) is 66.2 Å². The molecule has 2 atom stereocenters. The summed E-state index contributed by atoms with van der Waals surface area (Å²) < 4.78 is 40.5. The highest BCUT2D eigenvalue weighted by Crippen LogP contribution is 2.42. The van der Waals surface area contributed by atoms with Crippen LogP contribution < -0.4 is 22.3 Å². The number of aliphatic carboxylic acids is 2. The number of aliphatic hydroxyl groups is 2. The first kappa shape index (κ1) is 30.0. The molecule has 208 valence electrons. The van der Waals surface area contributed by atoms with Gasteiger partial charge in [0.2, 0.25) is 5.95 Å². The van der Waals surface area contributed by atoms with Gasteiger partial charge in [0.1, 0.15) is 11.9 Å². The molecule has 1 aromatic carbocycles. The number of carbonyl (C=O) groups is 3. The number of hydrogen-bond acceptors (Lipinski definition) is 9. The van der Waals surface area contributed by atoms with E-state index < -0.39 is 66.6 Å². The molecule has 0 aliphatic heterocycles. The molecule has 0 spiro atoms. The van der Waals surface area contributed by atoms with E-state index in [0.717, 1.165) is 24.3 Å². The minimum atomic E-state index is -5.47. The summed E-state index contributed by atoms with van der Waals surface area (Å²) in [7, 11) is 0. The third-order valence-corrected chi connectivity index (χ3v) is 5.71. The number of hydrogen-bond donors (Lipinski definition) is 8. The molecule has 0 aliphatic rings. The van der Waals surface area contributed by atoms with Gasteiger partial charge in [-0.25, -0.2) is 4.79 Å². The molecule has 16 heteroatoms. The molecule has 2 rings (SSSR count). The van der Waals surface area contributed by atoms with Crippen molar-refractivity contribution in [1.29, 1.82) is 0 Å². The number of anilines is 2. The molecule has 2 aromatic rings. The molecule has 0 fully saturated rings. The van der Waals surface area contributed by atoms with Crippen LogP contribution in [0.1, 0.15) is 53.1 Å². The quantitative estimate of drug-likeness (QED) is 0.169. The number of aromatic amines is 1. The fraction of sp³-hybridized carbons (Fsp3) is 0.409. The fourth-order valence-electron chi connectivity index (χ4n) is 3.69. The number of halogens is 3. The normalized spacial score (nSPS) is 13.5. The Kier molecular flexibility index (Phi) is 9.42. The van der Waals surface area contributed by atoms with Crippen LogP contribution in [0.15, 0.2) is 29.1 Å². The summed E-state index contributed by atoms with van der Waals surface area (Å²) >= 11 is 0. The average molecular weight is 545 g/mol. The molecule has 0 aliphatic carbocycles. The second-order valence-corrected chi connectivity index (χ2v) is 8.40. The number of nitrogens with zero attached hydrogens (tertiary/aromatic N) is 1. The first-order valence-electron chi connectivity index (χ1n) is 11.1. The molecule has 0 radical (unpaired) electrons. The summed E-state index contributed by atoms with van der Waals surface area (Å²) in [6.07, 6.45) is -7.21. The predicted molar refractivity (Wildman–Crippen MR) is 125 cm³/mol. The van der Waals surface area contributed by atoms with Crippen LogP contribution in [0.3, 0.4) is 0 Å². The Morgan fingerprint density at radius 3 is 2.16 bits per heavy atom. The molecule has 13 nitrogen and oxygen atoms in total. The maximum absolute atomic E-state index is 13.5. The van der Waals surface area contributed by atoms with Gasteiger partial charge in [-0.3, -0.25) is 19.4 Å². The van der Waals surface area contributed by atoms with Crippen molar-refractivity contribution in [1.82, 2.24) is 15.3 Å². The monoisotopic (exact) mass is 545 g/mol. The minimum Gasteiger partial charge on any atom is -0.481 e. The van der Waals surface area contributed by atoms with Gasteiger partial charge in [0.25, 0.3) is 17.3 Å². The summed E-state index contributed by atoms with van der Waals surface area (Å²) in [5.41, 5.74) is 9.88. The topological polar surface area (TPSA) is 242 Å². The molecule has 1 heterocycles. The summed E-state index contributed by atoms with van der Waals surface area (Å²) in [6, 6.07) is 2.63. The van der Waals surface area contributed by atoms with Crippen LogP contribution in [0.5, 0.6) is 0 Å². The molecule has 1 amide bonds. The number of amides is 1. The van der Waals surface area contributed by atoms with Crippen molar-refractivity contribution in [2.75, 3.05) is 11.5 Å².